The molecule has 1 aliphatic heterocycles. The van der Waals surface area contributed by atoms with Crippen LogP contribution >= 0.6 is 0 Å². The van der Waals surface area contributed by atoms with E-state index in [-0.39, 0.29) is 11.4 Å². The summed E-state index contributed by atoms with van der Waals surface area (Å²) in [6.07, 6.45) is 2.18. The average molecular weight is 330 g/mol. The summed E-state index contributed by atoms with van der Waals surface area (Å²) in [7, 11) is 3.92. The molecule has 3 rings (SSSR count). The molecule has 0 N–H and O–H groups in total. The molecule has 7 nitrogen and oxygen atoms in total. The summed E-state index contributed by atoms with van der Waals surface area (Å²) in [6.45, 7) is 9.83. The fourth-order valence-corrected chi connectivity index (χ4v) is 3.57. The first-order valence-corrected chi connectivity index (χ1v) is 8.34. The van der Waals surface area contributed by atoms with Crippen molar-refractivity contribution in [3.05, 3.63) is 12.0 Å². The van der Waals surface area contributed by atoms with Crippen LogP contribution in [0.25, 0.3) is 11.0 Å². The molecule has 0 spiro atoms. The molecule has 0 unspecified atom stereocenters. The maximum absolute atomic E-state index is 12.3. The standard InChI is InChI=1S/C17H26N6O/c1-11-14-15(18-10-19-16(14)22(6)20-11)21(5)8-12-7-13(24)23(9-12)17(2,3)4/h10,12H,7-9H2,1-6H3/t12-/m0/s1. The van der Waals surface area contributed by atoms with Gasteiger partial charge in [0.05, 0.1) is 11.1 Å². The van der Waals surface area contributed by atoms with Gasteiger partial charge in [-0.15, -0.1) is 0 Å². The lowest BCUT2D eigenvalue weighted by Crippen LogP contribution is -2.42. The highest BCUT2D eigenvalue weighted by atomic mass is 16.2. The Morgan fingerprint density at radius 2 is 2.04 bits per heavy atom. The van der Waals surface area contributed by atoms with Crippen LogP contribution < -0.4 is 4.90 Å². The molecule has 0 bridgehead atoms. The number of amides is 1. The van der Waals surface area contributed by atoms with Gasteiger partial charge in [-0.3, -0.25) is 9.48 Å². The van der Waals surface area contributed by atoms with E-state index in [0.29, 0.717) is 12.3 Å². The number of carbonyl (C=O) groups is 1. The van der Waals surface area contributed by atoms with Gasteiger partial charge < -0.3 is 9.80 Å². The molecule has 0 saturated carbocycles. The predicted molar refractivity (Wildman–Crippen MR) is 93.9 cm³/mol. The highest BCUT2D eigenvalue weighted by Crippen LogP contribution is 2.29. The molecular formula is C17H26N6O. The molecule has 1 saturated heterocycles. The summed E-state index contributed by atoms with van der Waals surface area (Å²) in [5, 5.41) is 5.43. The van der Waals surface area contributed by atoms with Crippen molar-refractivity contribution < 1.29 is 4.79 Å². The number of hydrogen-bond donors (Lipinski definition) is 0. The fourth-order valence-electron chi connectivity index (χ4n) is 3.57. The minimum atomic E-state index is -0.119. The second kappa shape index (κ2) is 5.72. The lowest BCUT2D eigenvalue weighted by Gasteiger charge is -2.32. The lowest BCUT2D eigenvalue weighted by molar-refractivity contribution is -0.131. The number of aryl methyl sites for hydroxylation is 2. The molecule has 0 radical (unpaired) electrons. The smallest absolute Gasteiger partial charge is 0.223 e. The molecule has 1 amide bonds. The molecule has 24 heavy (non-hydrogen) atoms. The number of aromatic nitrogens is 4. The zero-order chi connectivity index (χ0) is 17.6. The van der Waals surface area contributed by atoms with E-state index < -0.39 is 0 Å². The molecule has 130 valence electrons. The third-order valence-electron chi connectivity index (χ3n) is 4.68. The average Bonchev–Trinajstić information content (AvgIpc) is 2.99. The molecule has 1 fully saturated rings. The second-order valence-corrected chi connectivity index (χ2v) is 7.73. The SMILES string of the molecule is Cc1nn(C)c2ncnc(N(C)C[C@@H]3CC(=O)N(C(C)(C)C)C3)c12. The number of nitrogens with zero attached hydrogens (tertiary/aromatic N) is 6. The largest absolute Gasteiger partial charge is 0.359 e. The van der Waals surface area contributed by atoms with Gasteiger partial charge >= 0.3 is 0 Å². The lowest BCUT2D eigenvalue weighted by atomic mass is 10.1. The summed E-state index contributed by atoms with van der Waals surface area (Å²) in [5.74, 6) is 1.43. The Bertz CT molecular complexity index is 775. The van der Waals surface area contributed by atoms with Gasteiger partial charge in [-0.2, -0.15) is 5.10 Å². The van der Waals surface area contributed by atoms with E-state index in [1.54, 1.807) is 11.0 Å². The Labute approximate surface area is 142 Å². The van der Waals surface area contributed by atoms with Crippen LogP contribution in [0.1, 0.15) is 32.9 Å². The van der Waals surface area contributed by atoms with Crippen molar-refractivity contribution in [3.63, 3.8) is 0 Å². The number of rotatable bonds is 3. The van der Waals surface area contributed by atoms with E-state index in [0.717, 1.165) is 35.6 Å². The zero-order valence-corrected chi connectivity index (χ0v) is 15.4. The summed E-state index contributed by atoms with van der Waals surface area (Å²) < 4.78 is 1.78. The van der Waals surface area contributed by atoms with Gasteiger partial charge in [0, 0.05) is 45.1 Å². The molecule has 0 aromatic carbocycles. The first kappa shape index (κ1) is 16.7. The quantitative estimate of drug-likeness (QED) is 0.858. The Morgan fingerprint density at radius 3 is 2.67 bits per heavy atom. The van der Waals surface area contributed by atoms with Gasteiger partial charge in [0.25, 0.3) is 0 Å². The van der Waals surface area contributed by atoms with E-state index in [1.807, 2.05) is 25.9 Å². The molecule has 7 heteroatoms. The second-order valence-electron chi connectivity index (χ2n) is 7.73. The first-order valence-electron chi connectivity index (χ1n) is 8.34. The molecule has 2 aromatic heterocycles. The van der Waals surface area contributed by atoms with Crippen molar-refractivity contribution in [3.8, 4) is 0 Å². The summed E-state index contributed by atoms with van der Waals surface area (Å²) in [6, 6.07) is 0. The molecule has 2 aromatic rings. The molecule has 1 aliphatic rings. The minimum absolute atomic E-state index is 0.119. The van der Waals surface area contributed by atoms with E-state index in [4.69, 9.17) is 0 Å². The molecule has 0 aliphatic carbocycles. The van der Waals surface area contributed by atoms with Crippen LogP contribution in [-0.4, -0.2) is 56.2 Å². The molecular weight excluding hydrogens is 304 g/mol. The maximum Gasteiger partial charge on any atom is 0.223 e. The molecule has 3 heterocycles. The van der Waals surface area contributed by atoms with Crippen LogP contribution in [0.5, 0.6) is 0 Å². The number of carbonyl (C=O) groups excluding carboxylic acids is 1. The number of anilines is 1. The highest BCUT2D eigenvalue weighted by Gasteiger charge is 2.36. The van der Waals surface area contributed by atoms with Gasteiger partial charge in [-0.25, -0.2) is 9.97 Å². The Morgan fingerprint density at radius 1 is 1.33 bits per heavy atom. The van der Waals surface area contributed by atoms with E-state index in [1.165, 1.54) is 0 Å². The van der Waals surface area contributed by atoms with Crippen LogP contribution in [-0.2, 0) is 11.8 Å². The van der Waals surface area contributed by atoms with E-state index in [9.17, 15) is 4.79 Å². The Hall–Kier alpha value is -2.18. The highest BCUT2D eigenvalue weighted by molar-refractivity contribution is 5.89. The van der Waals surface area contributed by atoms with Crippen LogP contribution in [0.15, 0.2) is 6.33 Å². The monoisotopic (exact) mass is 330 g/mol. The van der Waals surface area contributed by atoms with Crippen molar-refractivity contribution in [2.45, 2.75) is 39.7 Å². The summed E-state index contributed by atoms with van der Waals surface area (Å²) in [5.41, 5.74) is 1.64. The van der Waals surface area contributed by atoms with E-state index in [2.05, 4.69) is 40.7 Å². The third-order valence-corrected chi connectivity index (χ3v) is 4.68. The van der Waals surface area contributed by atoms with Gasteiger partial charge in [0.2, 0.25) is 5.91 Å². The predicted octanol–water partition coefficient (Wildman–Crippen LogP) is 1.75. The van der Waals surface area contributed by atoms with Gasteiger partial charge in [-0.1, -0.05) is 0 Å². The van der Waals surface area contributed by atoms with Gasteiger partial charge in [0.15, 0.2) is 5.65 Å². The van der Waals surface area contributed by atoms with Crippen molar-refractivity contribution >= 4 is 22.8 Å². The summed E-state index contributed by atoms with van der Waals surface area (Å²) >= 11 is 0. The third kappa shape index (κ3) is 2.83. The zero-order valence-electron chi connectivity index (χ0n) is 15.4. The molecule has 1 atom stereocenters. The number of fused-ring (bicyclic) bond motifs is 1. The van der Waals surface area contributed by atoms with Crippen molar-refractivity contribution in [2.75, 3.05) is 25.0 Å². The Balaban J connectivity index is 1.82. The topological polar surface area (TPSA) is 67.2 Å². The normalized spacial score (nSPS) is 18.7. The maximum atomic E-state index is 12.3. The Kier molecular flexibility index (Phi) is 3.97. The first-order chi connectivity index (χ1) is 11.2. The van der Waals surface area contributed by atoms with Crippen molar-refractivity contribution in [2.24, 2.45) is 13.0 Å². The van der Waals surface area contributed by atoms with Crippen LogP contribution in [0, 0.1) is 12.8 Å². The number of likely N-dealkylation sites (tertiary alicyclic amines) is 1. The number of hydrogen-bond acceptors (Lipinski definition) is 5. The van der Waals surface area contributed by atoms with Gasteiger partial charge in [0.1, 0.15) is 12.1 Å². The van der Waals surface area contributed by atoms with Crippen molar-refractivity contribution in [1.29, 1.82) is 0 Å². The minimum Gasteiger partial charge on any atom is -0.359 e. The van der Waals surface area contributed by atoms with Crippen LogP contribution in [0.4, 0.5) is 5.82 Å². The van der Waals surface area contributed by atoms with Crippen molar-refractivity contribution in [1.82, 2.24) is 24.6 Å². The van der Waals surface area contributed by atoms with Crippen LogP contribution in [0.2, 0.25) is 0 Å². The van der Waals surface area contributed by atoms with Crippen LogP contribution in [0.3, 0.4) is 0 Å². The van der Waals surface area contributed by atoms with E-state index >= 15 is 0 Å². The fraction of sp³-hybridized carbons (Fsp3) is 0.647. The summed E-state index contributed by atoms with van der Waals surface area (Å²) in [4.78, 5) is 25.2. The van der Waals surface area contributed by atoms with Gasteiger partial charge in [-0.05, 0) is 27.7 Å².